The number of aryl methyl sites for hydroxylation is 1. The summed E-state index contributed by atoms with van der Waals surface area (Å²) < 4.78 is 6.93. The Kier molecular flexibility index (Phi) is 7.68. The van der Waals surface area contributed by atoms with Crippen molar-refractivity contribution in [1.29, 1.82) is 0 Å². The zero-order valence-electron chi connectivity index (χ0n) is 19.3. The number of amides is 1. The highest BCUT2D eigenvalue weighted by atomic mass is 35.5. The fourth-order valence-corrected chi connectivity index (χ4v) is 4.66. The van der Waals surface area contributed by atoms with Crippen molar-refractivity contribution in [1.82, 2.24) is 20.0 Å². The molecule has 1 N–H and O–H groups in total. The number of rotatable bonds is 8. The highest BCUT2D eigenvalue weighted by Gasteiger charge is 2.23. The van der Waals surface area contributed by atoms with Crippen LogP contribution in [0.2, 0.25) is 5.15 Å². The second kappa shape index (κ2) is 10.9. The Hall–Kier alpha value is -2.83. The number of likely N-dealkylation sites (tertiary alicyclic amines) is 1. The van der Waals surface area contributed by atoms with Gasteiger partial charge in [-0.15, -0.1) is 0 Å². The fourth-order valence-electron chi connectivity index (χ4n) is 4.34. The van der Waals surface area contributed by atoms with Crippen molar-refractivity contribution < 1.29 is 9.53 Å². The third kappa shape index (κ3) is 5.95. The van der Waals surface area contributed by atoms with Crippen molar-refractivity contribution in [2.45, 2.75) is 32.9 Å². The van der Waals surface area contributed by atoms with Gasteiger partial charge in [-0.3, -0.25) is 9.69 Å². The number of halogens is 1. The first-order valence-corrected chi connectivity index (χ1v) is 11.8. The van der Waals surface area contributed by atoms with Gasteiger partial charge in [-0.1, -0.05) is 54.1 Å². The van der Waals surface area contributed by atoms with Gasteiger partial charge in [-0.05, 0) is 62.0 Å². The standard InChI is InChI=1S/C26H31ClN4O2/c1-19-24(25(27)31(29-19)18-21-6-4-3-5-7-21)26(32)28-16-20-12-14-30(15-13-20)17-22-8-10-23(33-2)11-9-22/h3-11,20H,12-18H2,1-2H3,(H,28,32). The van der Waals surface area contributed by atoms with Gasteiger partial charge in [0.25, 0.3) is 5.91 Å². The van der Waals surface area contributed by atoms with Gasteiger partial charge in [0.1, 0.15) is 10.9 Å². The lowest BCUT2D eigenvalue weighted by molar-refractivity contribution is 0.0934. The van der Waals surface area contributed by atoms with Crippen molar-refractivity contribution in [2.75, 3.05) is 26.7 Å². The number of hydrogen-bond acceptors (Lipinski definition) is 4. The molecule has 33 heavy (non-hydrogen) atoms. The Morgan fingerprint density at radius 3 is 2.39 bits per heavy atom. The minimum Gasteiger partial charge on any atom is -0.497 e. The topological polar surface area (TPSA) is 59.4 Å². The normalized spacial score (nSPS) is 14.9. The predicted molar refractivity (Wildman–Crippen MR) is 131 cm³/mol. The van der Waals surface area contributed by atoms with Gasteiger partial charge in [-0.2, -0.15) is 5.10 Å². The Morgan fingerprint density at radius 2 is 1.73 bits per heavy atom. The molecular weight excluding hydrogens is 436 g/mol. The third-order valence-electron chi connectivity index (χ3n) is 6.29. The number of ether oxygens (including phenoxy) is 1. The molecule has 6 nitrogen and oxygen atoms in total. The molecular formula is C26H31ClN4O2. The summed E-state index contributed by atoms with van der Waals surface area (Å²) >= 11 is 6.54. The van der Waals surface area contributed by atoms with E-state index in [2.05, 4.69) is 27.4 Å². The van der Waals surface area contributed by atoms with Crippen LogP contribution in [0.3, 0.4) is 0 Å². The quantitative estimate of drug-likeness (QED) is 0.529. The van der Waals surface area contributed by atoms with E-state index in [0.29, 0.717) is 35.4 Å². The van der Waals surface area contributed by atoms with Crippen LogP contribution in [0.15, 0.2) is 54.6 Å². The van der Waals surface area contributed by atoms with Gasteiger partial charge in [-0.25, -0.2) is 4.68 Å². The van der Waals surface area contributed by atoms with E-state index in [1.807, 2.05) is 49.4 Å². The molecule has 174 valence electrons. The minimum atomic E-state index is -0.141. The van der Waals surface area contributed by atoms with Crippen molar-refractivity contribution >= 4 is 17.5 Å². The number of carbonyl (C=O) groups is 1. The third-order valence-corrected chi connectivity index (χ3v) is 6.68. The van der Waals surface area contributed by atoms with Crippen molar-refractivity contribution in [3.05, 3.63) is 82.1 Å². The van der Waals surface area contributed by atoms with Gasteiger partial charge >= 0.3 is 0 Å². The average Bonchev–Trinajstić information content (AvgIpc) is 3.12. The molecule has 2 aromatic carbocycles. The number of nitrogens with zero attached hydrogens (tertiary/aromatic N) is 3. The van der Waals surface area contributed by atoms with Crippen molar-refractivity contribution in [3.63, 3.8) is 0 Å². The first-order valence-electron chi connectivity index (χ1n) is 11.4. The summed E-state index contributed by atoms with van der Waals surface area (Å²) in [5.74, 6) is 1.21. The lowest BCUT2D eigenvalue weighted by atomic mass is 9.96. The van der Waals surface area contributed by atoms with Crippen LogP contribution in [-0.2, 0) is 13.1 Å². The van der Waals surface area contributed by atoms with E-state index < -0.39 is 0 Å². The number of nitrogens with one attached hydrogen (secondary N) is 1. The number of aromatic nitrogens is 2. The van der Waals surface area contributed by atoms with Crippen LogP contribution in [0.1, 0.15) is 40.0 Å². The fraction of sp³-hybridized carbons (Fsp3) is 0.385. The lowest BCUT2D eigenvalue weighted by Crippen LogP contribution is -2.38. The molecule has 0 bridgehead atoms. The smallest absolute Gasteiger partial charge is 0.256 e. The summed E-state index contributed by atoms with van der Waals surface area (Å²) in [5, 5.41) is 7.98. The van der Waals surface area contributed by atoms with Crippen LogP contribution >= 0.6 is 11.6 Å². The molecule has 0 spiro atoms. The molecule has 1 aliphatic heterocycles. The second-order valence-electron chi connectivity index (χ2n) is 8.67. The number of carbonyl (C=O) groups excluding carboxylic acids is 1. The summed E-state index contributed by atoms with van der Waals surface area (Å²) in [6.07, 6.45) is 2.13. The molecule has 0 radical (unpaired) electrons. The Bertz CT molecular complexity index is 1060. The Balaban J connectivity index is 1.26. The van der Waals surface area contributed by atoms with Crippen LogP contribution in [0.25, 0.3) is 0 Å². The summed E-state index contributed by atoms with van der Waals surface area (Å²) in [7, 11) is 1.69. The first-order chi connectivity index (χ1) is 16.0. The molecule has 1 saturated heterocycles. The summed E-state index contributed by atoms with van der Waals surface area (Å²) in [5.41, 5.74) is 3.52. The molecule has 1 aromatic heterocycles. The average molecular weight is 467 g/mol. The van der Waals surface area contributed by atoms with E-state index in [-0.39, 0.29) is 5.91 Å². The van der Waals surface area contributed by atoms with Crippen molar-refractivity contribution in [3.8, 4) is 5.75 Å². The van der Waals surface area contributed by atoms with Crippen molar-refractivity contribution in [2.24, 2.45) is 5.92 Å². The minimum absolute atomic E-state index is 0.141. The first kappa shape index (κ1) is 23.3. The summed E-state index contributed by atoms with van der Waals surface area (Å²) in [6.45, 7) is 6.04. The van der Waals surface area contributed by atoms with Crippen LogP contribution in [0.5, 0.6) is 5.75 Å². The Labute approximate surface area is 200 Å². The number of piperidine rings is 1. The zero-order valence-corrected chi connectivity index (χ0v) is 20.0. The van der Waals surface area contributed by atoms with E-state index in [1.165, 1.54) is 5.56 Å². The SMILES string of the molecule is COc1ccc(CN2CCC(CNC(=O)c3c(C)nn(Cc4ccccc4)c3Cl)CC2)cc1. The maximum atomic E-state index is 12.9. The molecule has 7 heteroatoms. The van der Waals surface area contributed by atoms with E-state index >= 15 is 0 Å². The largest absolute Gasteiger partial charge is 0.497 e. The second-order valence-corrected chi connectivity index (χ2v) is 9.03. The molecule has 2 heterocycles. The van der Waals surface area contributed by atoms with Gasteiger partial charge in [0, 0.05) is 13.1 Å². The molecule has 0 saturated carbocycles. The lowest BCUT2D eigenvalue weighted by Gasteiger charge is -2.32. The highest BCUT2D eigenvalue weighted by molar-refractivity contribution is 6.33. The van der Waals surface area contributed by atoms with E-state index in [9.17, 15) is 4.79 Å². The van der Waals surface area contributed by atoms with Crippen LogP contribution in [0.4, 0.5) is 0 Å². The zero-order chi connectivity index (χ0) is 23.2. The van der Waals surface area contributed by atoms with Gasteiger partial charge < -0.3 is 10.1 Å². The highest BCUT2D eigenvalue weighted by Crippen LogP contribution is 2.23. The van der Waals surface area contributed by atoms with Crippen LogP contribution < -0.4 is 10.1 Å². The molecule has 1 aliphatic rings. The summed E-state index contributed by atoms with van der Waals surface area (Å²) in [4.78, 5) is 15.4. The Morgan fingerprint density at radius 1 is 1.06 bits per heavy atom. The summed E-state index contributed by atoms with van der Waals surface area (Å²) in [6, 6.07) is 18.2. The maximum absolute atomic E-state index is 12.9. The molecule has 4 rings (SSSR count). The molecule has 1 amide bonds. The van der Waals surface area contributed by atoms with Crippen LogP contribution in [-0.4, -0.2) is 47.3 Å². The van der Waals surface area contributed by atoms with Gasteiger partial charge in [0.05, 0.1) is 24.9 Å². The van der Waals surface area contributed by atoms with Gasteiger partial charge in [0.2, 0.25) is 0 Å². The van der Waals surface area contributed by atoms with E-state index in [4.69, 9.17) is 16.3 Å². The predicted octanol–water partition coefficient (Wildman–Crippen LogP) is 4.54. The van der Waals surface area contributed by atoms with E-state index in [1.54, 1.807) is 11.8 Å². The van der Waals surface area contributed by atoms with Gasteiger partial charge in [0.15, 0.2) is 0 Å². The number of hydrogen-bond donors (Lipinski definition) is 1. The molecule has 3 aromatic rings. The number of benzene rings is 2. The van der Waals surface area contributed by atoms with Crippen LogP contribution in [0, 0.1) is 12.8 Å². The van der Waals surface area contributed by atoms with E-state index in [0.717, 1.165) is 43.8 Å². The molecule has 0 aliphatic carbocycles. The molecule has 1 fully saturated rings. The molecule has 0 atom stereocenters. The monoisotopic (exact) mass is 466 g/mol. The number of methoxy groups -OCH3 is 1. The maximum Gasteiger partial charge on any atom is 0.256 e. The molecule has 0 unspecified atom stereocenters.